The summed E-state index contributed by atoms with van der Waals surface area (Å²) in [6, 6.07) is 16.5. The zero-order valence-electron chi connectivity index (χ0n) is 19.3. The number of carbonyl (C=O) groups is 1. The molecular weight excluding hydrogens is 416 g/mol. The van der Waals surface area contributed by atoms with Crippen molar-refractivity contribution in [3.8, 4) is 16.9 Å². The highest BCUT2D eigenvalue weighted by atomic mass is 16.5. The summed E-state index contributed by atoms with van der Waals surface area (Å²) in [6.07, 6.45) is 4.62. The van der Waals surface area contributed by atoms with Crippen LogP contribution in [-0.2, 0) is 4.74 Å². The molecule has 1 saturated heterocycles. The molecule has 2 heterocycles. The molecule has 0 bridgehead atoms. The van der Waals surface area contributed by atoms with Crippen LogP contribution in [0.25, 0.3) is 11.1 Å². The Hall–Kier alpha value is -3.45. The van der Waals surface area contributed by atoms with Gasteiger partial charge in [-0.1, -0.05) is 36.4 Å². The molecule has 2 atom stereocenters. The van der Waals surface area contributed by atoms with Gasteiger partial charge in [-0.2, -0.15) is 0 Å². The van der Waals surface area contributed by atoms with Crippen molar-refractivity contribution in [2.24, 2.45) is 0 Å². The molecule has 33 heavy (non-hydrogen) atoms. The summed E-state index contributed by atoms with van der Waals surface area (Å²) in [5.74, 6) is 1.28. The number of nitrogens with zero attached hydrogens (tertiary/aromatic N) is 3. The number of methoxy groups -OCH3 is 1. The molecule has 0 radical (unpaired) electrons. The molecule has 1 aliphatic rings. The van der Waals surface area contributed by atoms with Gasteiger partial charge >= 0.3 is 0 Å². The largest absolute Gasteiger partial charge is 0.497 e. The number of ether oxygens (including phenoxy) is 2. The lowest BCUT2D eigenvalue weighted by Crippen LogP contribution is -2.44. The van der Waals surface area contributed by atoms with Gasteiger partial charge in [-0.05, 0) is 48.6 Å². The second-order valence-electron chi connectivity index (χ2n) is 7.99. The normalized spacial score (nSPS) is 17.9. The molecule has 0 aliphatic carbocycles. The third-order valence-electron chi connectivity index (χ3n) is 6.13. The van der Waals surface area contributed by atoms with Gasteiger partial charge in [0.1, 0.15) is 5.75 Å². The SMILES string of the molecule is CCN(C(=O)c1cnc(NC)nc1)[C@H]1CCO[C@@H](c2ccccc2-c2ccc(OC)cc2)C1. The Balaban J connectivity index is 1.56. The van der Waals surface area contributed by atoms with E-state index in [9.17, 15) is 4.79 Å². The van der Waals surface area contributed by atoms with Crippen molar-refractivity contribution in [2.45, 2.75) is 31.9 Å². The summed E-state index contributed by atoms with van der Waals surface area (Å²) in [5.41, 5.74) is 3.88. The first-order valence-corrected chi connectivity index (χ1v) is 11.3. The van der Waals surface area contributed by atoms with Gasteiger partial charge in [0.15, 0.2) is 0 Å². The van der Waals surface area contributed by atoms with Crippen LogP contribution >= 0.6 is 0 Å². The molecule has 7 heteroatoms. The van der Waals surface area contributed by atoms with E-state index in [0.29, 0.717) is 24.7 Å². The summed E-state index contributed by atoms with van der Waals surface area (Å²) in [4.78, 5) is 23.6. The van der Waals surface area contributed by atoms with Crippen LogP contribution in [0.4, 0.5) is 5.95 Å². The van der Waals surface area contributed by atoms with Gasteiger partial charge in [0.2, 0.25) is 5.95 Å². The zero-order chi connectivity index (χ0) is 23.2. The minimum absolute atomic E-state index is 0.0470. The van der Waals surface area contributed by atoms with Crippen molar-refractivity contribution < 1.29 is 14.3 Å². The molecule has 0 spiro atoms. The Kier molecular flexibility index (Phi) is 7.19. The maximum Gasteiger partial charge on any atom is 0.257 e. The van der Waals surface area contributed by atoms with E-state index < -0.39 is 0 Å². The molecule has 1 aliphatic heterocycles. The van der Waals surface area contributed by atoms with Crippen molar-refractivity contribution in [3.63, 3.8) is 0 Å². The fourth-order valence-corrected chi connectivity index (χ4v) is 4.39. The van der Waals surface area contributed by atoms with Gasteiger partial charge in [-0.3, -0.25) is 4.79 Å². The smallest absolute Gasteiger partial charge is 0.257 e. The van der Waals surface area contributed by atoms with Crippen LogP contribution in [0, 0.1) is 0 Å². The van der Waals surface area contributed by atoms with Crippen LogP contribution in [0.5, 0.6) is 5.75 Å². The van der Waals surface area contributed by atoms with Crippen LogP contribution in [0.15, 0.2) is 60.9 Å². The van der Waals surface area contributed by atoms with E-state index in [1.165, 1.54) is 0 Å². The summed E-state index contributed by atoms with van der Waals surface area (Å²) in [5, 5.41) is 2.88. The highest BCUT2D eigenvalue weighted by Crippen LogP contribution is 2.37. The Labute approximate surface area is 194 Å². The maximum atomic E-state index is 13.2. The van der Waals surface area contributed by atoms with E-state index in [4.69, 9.17) is 9.47 Å². The van der Waals surface area contributed by atoms with Gasteiger partial charge in [0.25, 0.3) is 5.91 Å². The van der Waals surface area contributed by atoms with E-state index in [2.05, 4.69) is 39.6 Å². The van der Waals surface area contributed by atoms with E-state index in [1.54, 1.807) is 26.6 Å². The number of hydrogen-bond acceptors (Lipinski definition) is 6. The Morgan fingerprint density at radius 3 is 2.55 bits per heavy atom. The molecule has 1 fully saturated rings. The second kappa shape index (κ2) is 10.4. The molecule has 172 valence electrons. The summed E-state index contributed by atoms with van der Waals surface area (Å²) in [6.45, 7) is 3.23. The highest BCUT2D eigenvalue weighted by Gasteiger charge is 2.32. The lowest BCUT2D eigenvalue weighted by Gasteiger charge is -2.37. The lowest BCUT2D eigenvalue weighted by atomic mass is 9.90. The van der Waals surface area contributed by atoms with Crippen LogP contribution in [0.2, 0.25) is 0 Å². The van der Waals surface area contributed by atoms with E-state index in [1.807, 2.05) is 36.1 Å². The summed E-state index contributed by atoms with van der Waals surface area (Å²) < 4.78 is 11.5. The van der Waals surface area contributed by atoms with Crippen molar-refractivity contribution in [1.82, 2.24) is 14.9 Å². The molecule has 1 N–H and O–H groups in total. The number of anilines is 1. The molecule has 2 aromatic carbocycles. The molecular formula is C26H30N4O3. The van der Waals surface area contributed by atoms with Gasteiger partial charge in [0, 0.05) is 38.6 Å². The molecule has 7 nitrogen and oxygen atoms in total. The first-order valence-electron chi connectivity index (χ1n) is 11.3. The number of benzene rings is 2. The number of aromatic nitrogens is 2. The predicted octanol–water partition coefficient (Wildman–Crippen LogP) is 4.58. The number of amides is 1. The molecule has 1 aromatic heterocycles. The number of rotatable bonds is 7. The highest BCUT2D eigenvalue weighted by molar-refractivity contribution is 5.94. The maximum absolute atomic E-state index is 13.2. The minimum Gasteiger partial charge on any atom is -0.497 e. The number of nitrogens with one attached hydrogen (secondary N) is 1. The van der Waals surface area contributed by atoms with E-state index >= 15 is 0 Å². The topological polar surface area (TPSA) is 76.6 Å². The van der Waals surface area contributed by atoms with Gasteiger partial charge in [0.05, 0.1) is 18.8 Å². The average molecular weight is 447 g/mol. The fraction of sp³-hybridized carbons (Fsp3) is 0.346. The standard InChI is InChI=1S/C26H30N4O3/c1-4-30(25(31)19-16-28-26(27-2)29-17-19)20-13-14-33-24(15-20)23-8-6-5-7-22(23)18-9-11-21(32-3)12-10-18/h5-12,16-17,20,24H,4,13-15H2,1-3H3,(H,27,28,29)/t20-,24+/m0/s1. The summed E-state index contributed by atoms with van der Waals surface area (Å²) >= 11 is 0. The molecule has 0 saturated carbocycles. The fourth-order valence-electron chi connectivity index (χ4n) is 4.39. The lowest BCUT2D eigenvalue weighted by molar-refractivity contribution is -0.0229. The zero-order valence-corrected chi connectivity index (χ0v) is 19.3. The van der Waals surface area contributed by atoms with Crippen LogP contribution in [0.1, 0.15) is 41.8 Å². The molecule has 1 amide bonds. The van der Waals surface area contributed by atoms with Crippen LogP contribution < -0.4 is 10.1 Å². The third kappa shape index (κ3) is 4.98. The van der Waals surface area contributed by atoms with E-state index in [-0.39, 0.29) is 18.1 Å². The second-order valence-corrected chi connectivity index (χ2v) is 7.99. The van der Waals surface area contributed by atoms with Crippen LogP contribution in [-0.4, -0.2) is 54.1 Å². The Morgan fingerprint density at radius 2 is 1.88 bits per heavy atom. The van der Waals surface area contributed by atoms with Crippen molar-refractivity contribution >= 4 is 11.9 Å². The average Bonchev–Trinajstić information content (AvgIpc) is 2.89. The first-order chi connectivity index (χ1) is 16.1. The van der Waals surface area contributed by atoms with Gasteiger partial charge in [-0.25, -0.2) is 9.97 Å². The van der Waals surface area contributed by atoms with E-state index in [0.717, 1.165) is 35.3 Å². The minimum atomic E-state index is -0.0909. The Bertz CT molecular complexity index is 1070. The van der Waals surface area contributed by atoms with Gasteiger partial charge < -0.3 is 19.7 Å². The molecule has 4 rings (SSSR count). The number of hydrogen-bond donors (Lipinski definition) is 1. The van der Waals surface area contributed by atoms with Crippen LogP contribution in [0.3, 0.4) is 0 Å². The quantitative estimate of drug-likeness (QED) is 0.573. The molecule has 0 unspecified atom stereocenters. The van der Waals surface area contributed by atoms with Gasteiger partial charge in [-0.15, -0.1) is 0 Å². The summed E-state index contributed by atoms with van der Waals surface area (Å²) in [7, 11) is 3.42. The number of carbonyl (C=O) groups excluding carboxylic acids is 1. The third-order valence-corrected chi connectivity index (χ3v) is 6.13. The van der Waals surface area contributed by atoms with Crippen molar-refractivity contribution in [1.29, 1.82) is 0 Å². The molecule has 3 aromatic rings. The Morgan fingerprint density at radius 1 is 1.15 bits per heavy atom. The van der Waals surface area contributed by atoms with Crippen molar-refractivity contribution in [2.75, 3.05) is 32.6 Å². The predicted molar refractivity (Wildman–Crippen MR) is 128 cm³/mol. The van der Waals surface area contributed by atoms with Crippen molar-refractivity contribution in [3.05, 3.63) is 72.1 Å². The monoisotopic (exact) mass is 446 g/mol. The first kappa shape index (κ1) is 22.7.